The summed E-state index contributed by atoms with van der Waals surface area (Å²) in [5.41, 5.74) is 0.0691. The molecule has 0 unspecified atom stereocenters. The molecule has 0 aliphatic rings. The maximum atomic E-state index is 12.4. The number of rotatable bonds is 9. The molecule has 156 valence electrons. The van der Waals surface area contributed by atoms with Crippen LogP contribution in [0.15, 0.2) is 41.3 Å². The maximum Gasteiger partial charge on any atom is 0.293 e. The molecular formula is C18H21N3O7S. The standard InChI is InChI=1S/C18H21N3O7S/c1-27-16-6-4-5-13(17(16)28-2)18(22)20-10-9-19-14-8-7-12(29(3,25)26)11-15(14)21(23)24/h4-8,11,19H,9-10H2,1-3H3,(H,20,22). The molecule has 0 bridgehead atoms. The lowest BCUT2D eigenvalue weighted by molar-refractivity contribution is -0.384. The molecule has 0 atom stereocenters. The summed E-state index contributed by atoms with van der Waals surface area (Å²) < 4.78 is 33.5. The largest absolute Gasteiger partial charge is 0.493 e. The number of nitro benzene ring substituents is 1. The molecule has 10 nitrogen and oxygen atoms in total. The molecule has 11 heteroatoms. The number of nitro groups is 1. The van der Waals surface area contributed by atoms with E-state index in [2.05, 4.69) is 10.6 Å². The number of hydrogen-bond acceptors (Lipinski definition) is 8. The fraction of sp³-hybridized carbons (Fsp3) is 0.278. The van der Waals surface area contributed by atoms with Gasteiger partial charge in [-0.1, -0.05) is 6.07 Å². The predicted molar refractivity (Wildman–Crippen MR) is 107 cm³/mol. The highest BCUT2D eigenvalue weighted by Crippen LogP contribution is 2.30. The van der Waals surface area contributed by atoms with E-state index in [0.29, 0.717) is 11.5 Å². The number of carbonyl (C=O) groups is 1. The zero-order valence-corrected chi connectivity index (χ0v) is 16.9. The van der Waals surface area contributed by atoms with E-state index in [1.807, 2.05) is 0 Å². The van der Waals surface area contributed by atoms with Crippen molar-refractivity contribution in [3.63, 3.8) is 0 Å². The first-order valence-corrected chi connectivity index (χ1v) is 10.3. The molecule has 0 radical (unpaired) electrons. The van der Waals surface area contributed by atoms with E-state index < -0.39 is 20.7 Å². The number of benzene rings is 2. The van der Waals surface area contributed by atoms with Crippen molar-refractivity contribution < 1.29 is 27.6 Å². The first-order chi connectivity index (χ1) is 13.7. The van der Waals surface area contributed by atoms with Crippen LogP contribution in [0.1, 0.15) is 10.4 Å². The summed E-state index contributed by atoms with van der Waals surface area (Å²) in [6.07, 6.45) is 0.974. The zero-order chi connectivity index (χ0) is 21.6. The van der Waals surface area contributed by atoms with Crippen molar-refractivity contribution in [2.45, 2.75) is 4.90 Å². The van der Waals surface area contributed by atoms with Gasteiger partial charge in [0.05, 0.1) is 29.6 Å². The van der Waals surface area contributed by atoms with Crippen molar-refractivity contribution in [1.82, 2.24) is 5.32 Å². The Morgan fingerprint density at radius 2 is 1.86 bits per heavy atom. The van der Waals surface area contributed by atoms with Crippen LogP contribution in [0.25, 0.3) is 0 Å². The Morgan fingerprint density at radius 1 is 1.14 bits per heavy atom. The Kier molecular flexibility index (Phi) is 6.99. The van der Waals surface area contributed by atoms with Gasteiger partial charge >= 0.3 is 0 Å². The fourth-order valence-corrected chi connectivity index (χ4v) is 3.22. The molecule has 0 saturated heterocycles. The first kappa shape index (κ1) is 22.0. The van der Waals surface area contributed by atoms with E-state index in [1.165, 1.54) is 26.4 Å². The number of nitrogens with zero attached hydrogens (tertiary/aromatic N) is 1. The number of amides is 1. The minimum absolute atomic E-state index is 0.145. The van der Waals surface area contributed by atoms with E-state index in [-0.39, 0.29) is 34.9 Å². The van der Waals surface area contributed by atoms with Gasteiger partial charge in [-0.2, -0.15) is 0 Å². The van der Waals surface area contributed by atoms with Crippen LogP contribution in [-0.2, 0) is 9.84 Å². The summed E-state index contributed by atoms with van der Waals surface area (Å²) >= 11 is 0. The first-order valence-electron chi connectivity index (χ1n) is 8.40. The van der Waals surface area contributed by atoms with E-state index in [9.17, 15) is 23.3 Å². The van der Waals surface area contributed by atoms with Gasteiger partial charge in [0.15, 0.2) is 21.3 Å². The average molecular weight is 423 g/mol. The summed E-state index contributed by atoms with van der Waals surface area (Å²) in [5.74, 6) is 0.316. The average Bonchev–Trinajstić information content (AvgIpc) is 2.69. The second-order valence-electron chi connectivity index (χ2n) is 5.93. The molecule has 2 aromatic rings. The summed E-state index contributed by atoms with van der Waals surface area (Å²) in [6, 6.07) is 8.50. The molecule has 2 N–H and O–H groups in total. The van der Waals surface area contributed by atoms with Gasteiger partial charge in [0, 0.05) is 25.4 Å². The minimum atomic E-state index is -3.57. The third-order valence-corrected chi connectivity index (χ3v) is 5.08. The van der Waals surface area contributed by atoms with Crippen molar-refractivity contribution in [3.05, 3.63) is 52.1 Å². The number of para-hydroxylation sites is 1. The Morgan fingerprint density at radius 3 is 2.45 bits per heavy atom. The summed E-state index contributed by atoms with van der Waals surface area (Å²) in [7, 11) is -0.677. The summed E-state index contributed by atoms with van der Waals surface area (Å²) in [5, 5.41) is 16.7. The number of carbonyl (C=O) groups excluding carboxylic acids is 1. The monoisotopic (exact) mass is 423 g/mol. The Bertz CT molecular complexity index is 1020. The second kappa shape index (κ2) is 9.24. The van der Waals surface area contributed by atoms with Crippen molar-refractivity contribution in [1.29, 1.82) is 0 Å². The van der Waals surface area contributed by atoms with Crippen molar-refractivity contribution in [3.8, 4) is 11.5 Å². The van der Waals surface area contributed by atoms with Crippen LogP contribution in [0, 0.1) is 10.1 Å². The molecular weight excluding hydrogens is 402 g/mol. The molecule has 2 aromatic carbocycles. The lowest BCUT2D eigenvalue weighted by Crippen LogP contribution is -2.29. The number of anilines is 1. The van der Waals surface area contributed by atoms with Crippen molar-refractivity contribution >= 4 is 27.1 Å². The van der Waals surface area contributed by atoms with E-state index in [0.717, 1.165) is 12.3 Å². The third-order valence-electron chi connectivity index (χ3n) is 3.97. The van der Waals surface area contributed by atoms with Crippen LogP contribution < -0.4 is 20.1 Å². The SMILES string of the molecule is COc1cccc(C(=O)NCCNc2ccc(S(C)(=O)=O)cc2[N+](=O)[O-])c1OC. The highest BCUT2D eigenvalue weighted by molar-refractivity contribution is 7.90. The molecule has 0 spiro atoms. The topological polar surface area (TPSA) is 137 Å². The lowest BCUT2D eigenvalue weighted by atomic mass is 10.1. The molecule has 1 amide bonds. The number of sulfone groups is 1. The summed E-state index contributed by atoms with van der Waals surface area (Å²) in [4.78, 5) is 22.8. The number of nitrogens with one attached hydrogen (secondary N) is 2. The van der Waals surface area contributed by atoms with Crippen LogP contribution in [0.4, 0.5) is 11.4 Å². The van der Waals surface area contributed by atoms with Gasteiger partial charge in [0.1, 0.15) is 5.69 Å². The maximum absolute atomic E-state index is 12.4. The van der Waals surface area contributed by atoms with Crippen LogP contribution >= 0.6 is 0 Å². The van der Waals surface area contributed by atoms with Crippen LogP contribution in [0.3, 0.4) is 0 Å². The van der Waals surface area contributed by atoms with Crippen LogP contribution in [0.2, 0.25) is 0 Å². The Hall–Kier alpha value is -3.34. The highest BCUT2D eigenvalue weighted by atomic mass is 32.2. The third kappa shape index (κ3) is 5.35. The molecule has 0 aliphatic carbocycles. The van der Waals surface area contributed by atoms with Crippen LogP contribution in [-0.4, -0.2) is 52.8 Å². The molecule has 2 rings (SSSR count). The Balaban J connectivity index is 2.04. The minimum Gasteiger partial charge on any atom is -0.493 e. The molecule has 0 heterocycles. The normalized spacial score (nSPS) is 10.9. The molecule has 0 fully saturated rings. The van der Waals surface area contributed by atoms with Gasteiger partial charge in [-0.15, -0.1) is 0 Å². The Labute approximate surface area is 167 Å². The lowest BCUT2D eigenvalue weighted by Gasteiger charge is -2.13. The second-order valence-corrected chi connectivity index (χ2v) is 7.95. The van der Waals surface area contributed by atoms with E-state index in [1.54, 1.807) is 18.2 Å². The quantitative estimate of drug-likeness (QED) is 0.354. The molecule has 0 saturated carbocycles. The number of hydrogen-bond donors (Lipinski definition) is 2. The molecule has 0 aliphatic heterocycles. The predicted octanol–water partition coefficient (Wildman–Crippen LogP) is 1.86. The fourth-order valence-electron chi connectivity index (χ4n) is 2.58. The van der Waals surface area contributed by atoms with Crippen LogP contribution in [0.5, 0.6) is 11.5 Å². The number of methoxy groups -OCH3 is 2. The van der Waals surface area contributed by atoms with Gasteiger partial charge in [-0.05, 0) is 24.3 Å². The highest BCUT2D eigenvalue weighted by Gasteiger charge is 2.19. The van der Waals surface area contributed by atoms with Crippen molar-refractivity contribution in [2.24, 2.45) is 0 Å². The van der Waals surface area contributed by atoms with E-state index >= 15 is 0 Å². The van der Waals surface area contributed by atoms with Gasteiger partial charge in [-0.3, -0.25) is 14.9 Å². The molecule has 29 heavy (non-hydrogen) atoms. The van der Waals surface area contributed by atoms with Gasteiger partial charge < -0.3 is 20.1 Å². The summed E-state index contributed by atoms with van der Waals surface area (Å²) in [6.45, 7) is 0.335. The van der Waals surface area contributed by atoms with Crippen molar-refractivity contribution in [2.75, 3.05) is 38.9 Å². The number of ether oxygens (including phenoxy) is 2. The van der Waals surface area contributed by atoms with Gasteiger partial charge in [0.25, 0.3) is 11.6 Å². The zero-order valence-electron chi connectivity index (χ0n) is 16.1. The van der Waals surface area contributed by atoms with Gasteiger partial charge in [0.2, 0.25) is 0 Å². The van der Waals surface area contributed by atoms with E-state index in [4.69, 9.17) is 9.47 Å². The van der Waals surface area contributed by atoms with Gasteiger partial charge in [-0.25, -0.2) is 8.42 Å². The molecule has 0 aromatic heterocycles. The smallest absolute Gasteiger partial charge is 0.293 e.